The summed E-state index contributed by atoms with van der Waals surface area (Å²) in [6, 6.07) is 64.0. The highest BCUT2D eigenvalue weighted by Gasteiger charge is 2.19. The van der Waals surface area contributed by atoms with E-state index in [1.165, 1.54) is 119 Å². The minimum atomic E-state index is 1.25. The molecule has 0 saturated carbocycles. The lowest BCUT2D eigenvalue weighted by Gasteiger charge is -2.19. The molecule has 0 bridgehead atoms. The van der Waals surface area contributed by atoms with Gasteiger partial charge in [-0.05, 0) is 131 Å². The topological polar surface area (TPSA) is 0 Å². The zero-order valence-electron chi connectivity index (χ0n) is 27.2. The van der Waals surface area contributed by atoms with E-state index in [0.717, 1.165) is 0 Å². The Hall–Kier alpha value is -6.50. The van der Waals surface area contributed by atoms with E-state index >= 15 is 0 Å². The van der Waals surface area contributed by atoms with Crippen LogP contribution in [0.2, 0.25) is 0 Å². The normalized spacial score (nSPS) is 12.4. The number of fused-ring (bicyclic) bond motifs is 2. The third-order valence-corrected chi connectivity index (χ3v) is 11.5. The van der Waals surface area contributed by atoms with Crippen molar-refractivity contribution >= 4 is 97.0 Å². The molecular weight excluding hydrogens is 601 g/mol. The lowest BCUT2D eigenvalue weighted by atomic mass is 9.85. The lowest BCUT2D eigenvalue weighted by molar-refractivity contribution is 1.66. The van der Waals surface area contributed by atoms with Crippen LogP contribution in [0.1, 0.15) is 0 Å². The Morgan fingerprint density at radius 2 is 0.600 bits per heavy atom. The monoisotopic (exact) mass is 628 g/mol. The molecule has 228 valence electrons. The number of hydrogen-bond donors (Lipinski definition) is 0. The van der Waals surface area contributed by atoms with Gasteiger partial charge in [-0.1, -0.05) is 158 Å². The quantitative estimate of drug-likeness (QED) is 0.167. The molecule has 0 aliphatic heterocycles. The van der Waals surface area contributed by atoms with Gasteiger partial charge in [0.25, 0.3) is 0 Å². The van der Waals surface area contributed by atoms with E-state index < -0.39 is 0 Å². The first-order valence-corrected chi connectivity index (χ1v) is 17.5. The van der Waals surface area contributed by atoms with Gasteiger partial charge in [-0.2, -0.15) is 0 Å². The molecule has 0 aromatic heterocycles. The molecule has 50 heavy (non-hydrogen) atoms. The minimum absolute atomic E-state index is 1.25. The molecule has 0 radical (unpaired) electrons. The molecular formula is C50H28. The Morgan fingerprint density at radius 1 is 0.200 bits per heavy atom. The van der Waals surface area contributed by atoms with E-state index in [1.807, 2.05) is 0 Å². The second-order valence-electron chi connectivity index (χ2n) is 14.0. The number of hydrogen-bond acceptors (Lipinski definition) is 0. The van der Waals surface area contributed by atoms with E-state index in [4.69, 9.17) is 0 Å². The van der Waals surface area contributed by atoms with Gasteiger partial charge in [0, 0.05) is 0 Å². The molecule has 0 aliphatic rings. The van der Waals surface area contributed by atoms with Crippen molar-refractivity contribution in [2.45, 2.75) is 0 Å². The van der Waals surface area contributed by atoms with E-state index in [2.05, 4.69) is 170 Å². The predicted molar refractivity (Wildman–Crippen MR) is 217 cm³/mol. The first-order valence-electron chi connectivity index (χ1n) is 17.5. The molecule has 12 aromatic carbocycles. The van der Waals surface area contributed by atoms with Gasteiger partial charge in [0.2, 0.25) is 0 Å². The predicted octanol–water partition coefficient (Wildman–Crippen LogP) is 14.3. The minimum Gasteiger partial charge on any atom is -0.0622 e. The Balaban J connectivity index is 1.25. The van der Waals surface area contributed by atoms with Gasteiger partial charge in [-0.3, -0.25) is 0 Å². The van der Waals surface area contributed by atoms with Crippen LogP contribution in [-0.2, 0) is 0 Å². The molecule has 0 fully saturated rings. The summed E-state index contributed by atoms with van der Waals surface area (Å²) in [5.74, 6) is 0. The SMILES string of the molecule is c1ccc(-c2ccc3ccc4c(-c5cc6ccc7cccc8c9cccc%10ccc%11cccc(c(c5)c6c78)c%11c%109)ccc5ccc2c3c54)cc1. The van der Waals surface area contributed by atoms with Crippen LogP contribution in [0.25, 0.3) is 119 Å². The summed E-state index contributed by atoms with van der Waals surface area (Å²) < 4.78 is 0. The lowest BCUT2D eigenvalue weighted by Crippen LogP contribution is -1.91. The van der Waals surface area contributed by atoms with E-state index in [0.29, 0.717) is 0 Å². The van der Waals surface area contributed by atoms with Crippen molar-refractivity contribution in [3.8, 4) is 22.3 Å². The third kappa shape index (κ3) is 3.40. The highest BCUT2D eigenvalue weighted by Crippen LogP contribution is 2.47. The Labute approximate surface area is 288 Å². The van der Waals surface area contributed by atoms with Gasteiger partial charge in [0.1, 0.15) is 0 Å². The number of benzene rings is 11. The van der Waals surface area contributed by atoms with Gasteiger partial charge < -0.3 is 0 Å². The highest BCUT2D eigenvalue weighted by atomic mass is 14.2. The summed E-state index contributed by atoms with van der Waals surface area (Å²) in [6.07, 6.45) is 0. The molecule has 0 atom stereocenters. The molecule has 0 heterocycles. The van der Waals surface area contributed by atoms with Crippen LogP contribution in [0.5, 0.6) is 0 Å². The summed E-state index contributed by atoms with van der Waals surface area (Å²) in [5, 5.41) is 23.6. The fraction of sp³-hybridized carbons (Fsp3) is 0. The second kappa shape index (κ2) is 9.56. The van der Waals surface area contributed by atoms with Crippen molar-refractivity contribution in [2.75, 3.05) is 0 Å². The first kappa shape index (κ1) is 26.5. The summed E-state index contributed by atoms with van der Waals surface area (Å²) in [5.41, 5.74) is 5.06. The molecule has 0 spiro atoms. The third-order valence-electron chi connectivity index (χ3n) is 11.5. The molecule has 12 rings (SSSR count). The maximum Gasteiger partial charge on any atom is -0.00199 e. The van der Waals surface area contributed by atoms with Gasteiger partial charge in [-0.15, -0.1) is 0 Å². The van der Waals surface area contributed by atoms with Crippen molar-refractivity contribution in [3.05, 3.63) is 170 Å². The first-order chi connectivity index (χ1) is 24.8. The average Bonchev–Trinajstić information content (AvgIpc) is 3.18. The van der Waals surface area contributed by atoms with Crippen LogP contribution in [0.15, 0.2) is 170 Å². The molecule has 0 aliphatic carbocycles. The van der Waals surface area contributed by atoms with Gasteiger partial charge >= 0.3 is 0 Å². The molecule has 0 nitrogen and oxygen atoms in total. The molecule has 0 saturated heterocycles. The van der Waals surface area contributed by atoms with Crippen LogP contribution in [0.3, 0.4) is 0 Å². The van der Waals surface area contributed by atoms with Crippen LogP contribution in [0, 0.1) is 0 Å². The summed E-state index contributed by atoms with van der Waals surface area (Å²) in [6.45, 7) is 0. The maximum atomic E-state index is 2.49. The van der Waals surface area contributed by atoms with Crippen molar-refractivity contribution in [3.63, 3.8) is 0 Å². The fourth-order valence-electron chi connectivity index (χ4n) is 9.36. The fourth-order valence-corrected chi connectivity index (χ4v) is 9.36. The van der Waals surface area contributed by atoms with Gasteiger partial charge in [0.05, 0.1) is 0 Å². The van der Waals surface area contributed by atoms with Crippen LogP contribution >= 0.6 is 0 Å². The average molecular weight is 629 g/mol. The Morgan fingerprint density at radius 3 is 1.16 bits per heavy atom. The van der Waals surface area contributed by atoms with Crippen LogP contribution in [0.4, 0.5) is 0 Å². The zero-order valence-corrected chi connectivity index (χ0v) is 27.2. The molecule has 0 unspecified atom stereocenters. The number of rotatable bonds is 2. The highest BCUT2D eigenvalue weighted by molar-refractivity contribution is 6.37. The molecule has 12 aromatic rings. The largest absolute Gasteiger partial charge is 0.0622 e. The smallest absolute Gasteiger partial charge is 0.00199 e. The van der Waals surface area contributed by atoms with Crippen molar-refractivity contribution in [1.29, 1.82) is 0 Å². The zero-order chi connectivity index (χ0) is 32.5. The van der Waals surface area contributed by atoms with E-state index in [1.54, 1.807) is 0 Å². The van der Waals surface area contributed by atoms with Gasteiger partial charge in [-0.25, -0.2) is 0 Å². The van der Waals surface area contributed by atoms with Gasteiger partial charge in [0.15, 0.2) is 0 Å². The summed E-state index contributed by atoms with van der Waals surface area (Å²) in [4.78, 5) is 0. The molecule has 0 N–H and O–H groups in total. The van der Waals surface area contributed by atoms with Crippen molar-refractivity contribution < 1.29 is 0 Å². The van der Waals surface area contributed by atoms with E-state index in [9.17, 15) is 0 Å². The van der Waals surface area contributed by atoms with Crippen LogP contribution < -0.4 is 0 Å². The summed E-state index contributed by atoms with van der Waals surface area (Å²) in [7, 11) is 0. The van der Waals surface area contributed by atoms with Crippen molar-refractivity contribution in [1.82, 2.24) is 0 Å². The van der Waals surface area contributed by atoms with Crippen molar-refractivity contribution in [2.24, 2.45) is 0 Å². The van der Waals surface area contributed by atoms with E-state index in [-0.39, 0.29) is 0 Å². The Kier molecular flexibility index (Phi) is 5.06. The molecule has 0 heteroatoms. The molecule has 0 amide bonds. The summed E-state index contributed by atoms with van der Waals surface area (Å²) >= 11 is 0. The Bertz CT molecular complexity index is 3340. The maximum absolute atomic E-state index is 2.49. The van der Waals surface area contributed by atoms with Crippen LogP contribution in [-0.4, -0.2) is 0 Å². The standard InChI is InChI=1S/C50H28/c1-2-7-29(8-3-1)37-23-19-33-22-26-43-38(24-20-34-21-25-42(37)48(33)49(34)43)36-27-35-18-17-32-10-5-13-40-39-12-4-9-30-15-16-31-11-6-14-41(47(31)45(30)39)44(28-36)50(35)46(32)40/h1-28H. The second-order valence-corrected chi connectivity index (χ2v) is 14.0.